The van der Waals surface area contributed by atoms with Gasteiger partial charge in [-0.25, -0.2) is 4.39 Å². The van der Waals surface area contributed by atoms with E-state index >= 15 is 0 Å². The monoisotopic (exact) mass is 199 g/mol. The average Bonchev–Trinajstić information content (AvgIpc) is 2.17. The molecule has 0 aliphatic carbocycles. The van der Waals surface area contributed by atoms with Crippen molar-refractivity contribution in [3.05, 3.63) is 35.1 Å². The Kier molecular flexibility index (Phi) is 4.52. The van der Waals surface area contributed by atoms with Gasteiger partial charge in [-0.3, -0.25) is 0 Å². The van der Waals surface area contributed by atoms with Gasteiger partial charge in [0.15, 0.2) is 0 Å². The van der Waals surface area contributed by atoms with E-state index in [1.807, 2.05) is 6.07 Å². The first kappa shape index (κ1) is 11.1. The molecule has 1 rings (SSSR count). The zero-order valence-corrected chi connectivity index (χ0v) is 8.34. The van der Waals surface area contributed by atoms with Crippen molar-refractivity contribution in [2.45, 2.75) is 13.2 Å². The lowest BCUT2D eigenvalue weighted by atomic mass is 10.1. The second kappa shape index (κ2) is 5.70. The molecule has 1 aromatic carbocycles. The molecule has 0 spiro atoms. The molecule has 0 aliphatic rings. The number of methoxy groups -OCH3 is 1. The molecule has 1 N–H and O–H groups in total. The fourth-order valence-corrected chi connectivity index (χ4v) is 1.14. The second-order valence-corrected chi connectivity index (χ2v) is 2.88. The Balaban J connectivity index is 2.68. The summed E-state index contributed by atoms with van der Waals surface area (Å²) in [5.41, 5.74) is 3.99. The first-order chi connectivity index (χ1) is 6.77. The lowest BCUT2D eigenvalue weighted by molar-refractivity contribution is 0.0859. The van der Waals surface area contributed by atoms with Crippen LogP contribution in [0.1, 0.15) is 11.1 Å². The van der Waals surface area contributed by atoms with Crippen molar-refractivity contribution in [3.63, 3.8) is 0 Å². The largest absolute Gasteiger partial charge is 0.380 e. The third-order valence-corrected chi connectivity index (χ3v) is 1.84. The molecular weight excluding hydrogens is 185 g/mol. The SMILES string of the molecule is COCc1ccc(CNOC)c(F)c1. The summed E-state index contributed by atoms with van der Waals surface area (Å²) >= 11 is 0. The summed E-state index contributed by atoms with van der Waals surface area (Å²) in [7, 11) is 3.08. The number of nitrogens with one attached hydrogen (secondary N) is 1. The predicted molar refractivity (Wildman–Crippen MR) is 51.0 cm³/mol. The molecule has 4 heteroatoms. The highest BCUT2D eigenvalue weighted by atomic mass is 19.1. The van der Waals surface area contributed by atoms with Crippen LogP contribution in [-0.2, 0) is 22.7 Å². The summed E-state index contributed by atoms with van der Waals surface area (Å²) in [5, 5.41) is 0. The lowest BCUT2D eigenvalue weighted by Gasteiger charge is -2.05. The van der Waals surface area contributed by atoms with Gasteiger partial charge >= 0.3 is 0 Å². The molecule has 0 radical (unpaired) electrons. The van der Waals surface area contributed by atoms with Gasteiger partial charge in [0.2, 0.25) is 0 Å². The predicted octanol–water partition coefficient (Wildman–Crippen LogP) is 1.62. The van der Waals surface area contributed by atoms with E-state index in [4.69, 9.17) is 4.74 Å². The average molecular weight is 199 g/mol. The van der Waals surface area contributed by atoms with Crippen molar-refractivity contribution >= 4 is 0 Å². The molecule has 0 atom stereocenters. The van der Waals surface area contributed by atoms with E-state index in [0.29, 0.717) is 18.7 Å². The van der Waals surface area contributed by atoms with E-state index in [2.05, 4.69) is 10.3 Å². The van der Waals surface area contributed by atoms with Gasteiger partial charge in [-0.15, -0.1) is 0 Å². The summed E-state index contributed by atoms with van der Waals surface area (Å²) in [6.45, 7) is 0.782. The molecule has 14 heavy (non-hydrogen) atoms. The van der Waals surface area contributed by atoms with E-state index in [0.717, 1.165) is 5.56 Å². The maximum absolute atomic E-state index is 13.3. The normalized spacial score (nSPS) is 10.5. The maximum Gasteiger partial charge on any atom is 0.128 e. The van der Waals surface area contributed by atoms with Crippen LogP contribution in [0.25, 0.3) is 0 Å². The number of rotatable bonds is 5. The van der Waals surface area contributed by atoms with Crippen molar-refractivity contribution in [1.29, 1.82) is 0 Å². The number of hydrogen-bond acceptors (Lipinski definition) is 3. The van der Waals surface area contributed by atoms with Gasteiger partial charge in [-0.2, -0.15) is 5.48 Å². The van der Waals surface area contributed by atoms with E-state index in [1.54, 1.807) is 13.2 Å². The standard InChI is InChI=1S/C10H14FNO2/c1-13-7-8-3-4-9(6-12-14-2)10(11)5-8/h3-5,12H,6-7H2,1-2H3. The van der Waals surface area contributed by atoms with Crippen molar-refractivity contribution < 1.29 is 14.0 Å². The minimum Gasteiger partial charge on any atom is -0.380 e. The summed E-state index contributed by atoms with van der Waals surface area (Å²) in [6, 6.07) is 5.02. The second-order valence-electron chi connectivity index (χ2n) is 2.88. The minimum atomic E-state index is -0.246. The molecule has 3 nitrogen and oxygen atoms in total. The van der Waals surface area contributed by atoms with E-state index in [1.165, 1.54) is 13.2 Å². The molecule has 0 fully saturated rings. The van der Waals surface area contributed by atoms with Gasteiger partial charge in [-0.05, 0) is 11.6 Å². The third kappa shape index (κ3) is 3.06. The zero-order valence-electron chi connectivity index (χ0n) is 8.34. The molecule has 0 bridgehead atoms. The number of benzene rings is 1. The Bertz CT molecular complexity index is 291. The first-order valence-corrected chi connectivity index (χ1v) is 4.30. The highest BCUT2D eigenvalue weighted by molar-refractivity contribution is 5.23. The molecule has 0 aromatic heterocycles. The van der Waals surface area contributed by atoms with Gasteiger partial charge in [0, 0.05) is 19.2 Å². The molecule has 0 amide bonds. The van der Waals surface area contributed by atoms with Crippen LogP contribution < -0.4 is 5.48 Å². The van der Waals surface area contributed by atoms with E-state index in [9.17, 15) is 4.39 Å². The Hall–Kier alpha value is -0.970. The van der Waals surface area contributed by atoms with Crippen molar-refractivity contribution in [3.8, 4) is 0 Å². The smallest absolute Gasteiger partial charge is 0.128 e. The topological polar surface area (TPSA) is 30.5 Å². The van der Waals surface area contributed by atoms with Crippen LogP contribution in [0.5, 0.6) is 0 Å². The highest BCUT2D eigenvalue weighted by Gasteiger charge is 2.02. The minimum absolute atomic E-state index is 0.246. The number of hydrogen-bond donors (Lipinski definition) is 1. The van der Waals surface area contributed by atoms with Crippen LogP contribution in [-0.4, -0.2) is 14.2 Å². The number of hydroxylamine groups is 1. The Morgan fingerprint density at radius 1 is 1.36 bits per heavy atom. The summed E-state index contributed by atoms with van der Waals surface area (Å²) in [5.74, 6) is -0.246. The van der Waals surface area contributed by atoms with Gasteiger partial charge in [0.1, 0.15) is 5.82 Å². The van der Waals surface area contributed by atoms with Crippen molar-refractivity contribution in [1.82, 2.24) is 5.48 Å². The quantitative estimate of drug-likeness (QED) is 0.731. The molecule has 1 aromatic rings. The van der Waals surface area contributed by atoms with Crippen molar-refractivity contribution in [2.24, 2.45) is 0 Å². The van der Waals surface area contributed by atoms with Crippen LogP contribution in [0.15, 0.2) is 18.2 Å². The maximum atomic E-state index is 13.3. The van der Waals surface area contributed by atoms with Crippen LogP contribution in [0.2, 0.25) is 0 Å². The molecule has 0 unspecified atom stereocenters. The molecule has 0 saturated carbocycles. The van der Waals surface area contributed by atoms with Gasteiger partial charge in [0.25, 0.3) is 0 Å². The van der Waals surface area contributed by atoms with Crippen LogP contribution in [0.3, 0.4) is 0 Å². The molecule has 78 valence electrons. The Morgan fingerprint density at radius 2 is 2.14 bits per heavy atom. The Labute approximate surface area is 82.8 Å². The molecular formula is C10H14FNO2. The first-order valence-electron chi connectivity index (χ1n) is 4.30. The van der Waals surface area contributed by atoms with Gasteiger partial charge in [0.05, 0.1) is 13.7 Å². The highest BCUT2D eigenvalue weighted by Crippen LogP contribution is 2.10. The Morgan fingerprint density at radius 3 is 2.71 bits per heavy atom. The van der Waals surface area contributed by atoms with Crippen LogP contribution >= 0.6 is 0 Å². The third-order valence-electron chi connectivity index (χ3n) is 1.84. The molecule has 0 aliphatic heterocycles. The summed E-state index contributed by atoms with van der Waals surface area (Å²) < 4.78 is 18.2. The fraction of sp³-hybridized carbons (Fsp3) is 0.400. The summed E-state index contributed by atoms with van der Waals surface area (Å²) in [6.07, 6.45) is 0. The fourth-order valence-electron chi connectivity index (χ4n) is 1.14. The van der Waals surface area contributed by atoms with Crippen LogP contribution in [0.4, 0.5) is 4.39 Å². The lowest BCUT2D eigenvalue weighted by Crippen LogP contribution is -2.12. The number of ether oxygens (including phenoxy) is 1. The number of halogens is 1. The van der Waals surface area contributed by atoms with E-state index in [-0.39, 0.29) is 5.82 Å². The van der Waals surface area contributed by atoms with Crippen molar-refractivity contribution in [2.75, 3.05) is 14.2 Å². The summed E-state index contributed by atoms with van der Waals surface area (Å²) in [4.78, 5) is 4.64. The van der Waals surface area contributed by atoms with E-state index < -0.39 is 0 Å². The van der Waals surface area contributed by atoms with Crippen LogP contribution in [0, 0.1) is 5.82 Å². The molecule has 0 saturated heterocycles. The van der Waals surface area contributed by atoms with Gasteiger partial charge < -0.3 is 9.57 Å². The zero-order chi connectivity index (χ0) is 10.4. The molecule has 0 heterocycles. The van der Waals surface area contributed by atoms with Gasteiger partial charge in [-0.1, -0.05) is 12.1 Å².